The van der Waals surface area contributed by atoms with Crippen LogP contribution in [0.5, 0.6) is 28.7 Å². The maximum absolute atomic E-state index is 12.9. The fourth-order valence-corrected chi connectivity index (χ4v) is 5.25. The van der Waals surface area contributed by atoms with Gasteiger partial charge in [0.25, 0.3) is 0 Å². The molecule has 0 amide bonds. The van der Waals surface area contributed by atoms with Gasteiger partial charge in [0.1, 0.15) is 0 Å². The van der Waals surface area contributed by atoms with Gasteiger partial charge in [-0.1, -0.05) is 0 Å². The van der Waals surface area contributed by atoms with Crippen molar-refractivity contribution in [3.63, 3.8) is 0 Å². The predicted octanol–water partition coefficient (Wildman–Crippen LogP) is 2.97. The molecule has 1 aromatic heterocycles. The van der Waals surface area contributed by atoms with Crippen molar-refractivity contribution in [3.05, 3.63) is 40.6 Å². The number of rotatable bonds is 6. The Bertz CT molecular complexity index is 1040. The van der Waals surface area contributed by atoms with Crippen LogP contribution in [0.15, 0.2) is 35.1 Å². The second kappa shape index (κ2) is 7.94. The molecule has 0 unspecified atom stereocenters. The molecule has 0 radical (unpaired) electrons. The molecular formula is C20H20O6Se. The molecule has 3 rings (SSSR count). The van der Waals surface area contributed by atoms with Gasteiger partial charge < -0.3 is 0 Å². The summed E-state index contributed by atoms with van der Waals surface area (Å²) in [7, 11) is 7.78. The molecule has 0 aliphatic carbocycles. The zero-order chi connectivity index (χ0) is 19.6. The molecule has 27 heavy (non-hydrogen) atoms. The van der Waals surface area contributed by atoms with E-state index in [1.165, 1.54) is 14.2 Å². The van der Waals surface area contributed by atoms with Crippen LogP contribution in [-0.2, 0) is 0 Å². The fourth-order valence-electron chi connectivity index (χ4n) is 2.92. The van der Waals surface area contributed by atoms with Gasteiger partial charge in [0.2, 0.25) is 0 Å². The zero-order valence-corrected chi connectivity index (χ0v) is 17.5. The van der Waals surface area contributed by atoms with Crippen molar-refractivity contribution in [2.45, 2.75) is 0 Å². The van der Waals surface area contributed by atoms with Crippen LogP contribution in [-0.4, -0.2) is 50.1 Å². The first kappa shape index (κ1) is 19.1. The van der Waals surface area contributed by atoms with Crippen LogP contribution >= 0.6 is 0 Å². The molecule has 0 spiro atoms. The summed E-state index contributed by atoms with van der Waals surface area (Å²) in [5, 5.41) is 0.527. The van der Waals surface area contributed by atoms with Crippen molar-refractivity contribution in [1.29, 1.82) is 0 Å². The Labute approximate surface area is 162 Å². The van der Waals surface area contributed by atoms with E-state index in [4.69, 9.17) is 23.7 Å². The average Bonchev–Trinajstić information content (AvgIpc) is 2.71. The Morgan fingerprint density at radius 3 is 1.96 bits per heavy atom. The molecule has 0 aliphatic heterocycles. The van der Waals surface area contributed by atoms with E-state index in [2.05, 4.69) is 0 Å². The summed E-state index contributed by atoms with van der Waals surface area (Å²) in [6.07, 6.45) is 0. The molecule has 1 heterocycles. The van der Waals surface area contributed by atoms with Crippen LogP contribution in [0, 0.1) is 0 Å². The van der Waals surface area contributed by atoms with Gasteiger partial charge in [-0.2, -0.15) is 0 Å². The number of fused-ring (bicyclic) bond motifs is 1. The maximum atomic E-state index is 12.9. The molecule has 6 nitrogen and oxygen atoms in total. The summed E-state index contributed by atoms with van der Waals surface area (Å²) in [5.74, 6) is 2.63. The van der Waals surface area contributed by atoms with E-state index in [0.717, 1.165) is 14.3 Å². The number of methoxy groups -OCH3 is 5. The summed E-state index contributed by atoms with van der Waals surface area (Å²) in [6, 6.07) is 9.13. The van der Waals surface area contributed by atoms with Crippen LogP contribution in [0.2, 0.25) is 0 Å². The third kappa shape index (κ3) is 3.36. The Morgan fingerprint density at radius 1 is 0.704 bits per heavy atom. The molecule has 0 N–H and O–H groups in total. The fraction of sp³-hybridized carbons (Fsp3) is 0.250. The van der Waals surface area contributed by atoms with E-state index >= 15 is 0 Å². The summed E-state index contributed by atoms with van der Waals surface area (Å²) >= 11 is -0.129. The minimum atomic E-state index is -0.129. The SMILES string of the molecule is COc1ccc(-c2cc(=O)c3c(OC)c(OC)c(OC)cc3[se]2)cc1OC. The number of hydrogen-bond donors (Lipinski definition) is 0. The minimum absolute atomic E-state index is 0.124. The Kier molecular flexibility index (Phi) is 5.63. The standard InChI is InChI=1S/C20H20O6Se/c1-22-13-7-6-11(8-14(13)23-2)16-9-12(21)18-17(27-16)10-15(24-3)19(25-4)20(18)26-5/h6-10H,1-5H3. The molecule has 2 aromatic carbocycles. The first-order valence-electron chi connectivity index (χ1n) is 8.07. The molecule has 0 aliphatic rings. The van der Waals surface area contributed by atoms with Gasteiger partial charge in [-0.3, -0.25) is 0 Å². The second-order valence-electron chi connectivity index (χ2n) is 5.56. The molecule has 0 fully saturated rings. The quantitative estimate of drug-likeness (QED) is 0.555. The number of hydrogen-bond acceptors (Lipinski definition) is 6. The average molecular weight is 435 g/mol. The van der Waals surface area contributed by atoms with Crippen LogP contribution in [0.25, 0.3) is 19.6 Å². The molecule has 0 atom stereocenters. The molecule has 0 saturated heterocycles. The van der Waals surface area contributed by atoms with Crippen LogP contribution in [0.4, 0.5) is 0 Å². The third-order valence-electron chi connectivity index (χ3n) is 4.19. The molecule has 0 saturated carbocycles. The topological polar surface area (TPSA) is 63.2 Å². The van der Waals surface area contributed by atoms with Crippen molar-refractivity contribution in [2.75, 3.05) is 35.5 Å². The summed E-state index contributed by atoms with van der Waals surface area (Å²) in [5.41, 5.74) is 0.793. The van der Waals surface area contributed by atoms with Gasteiger partial charge in [-0.05, 0) is 0 Å². The van der Waals surface area contributed by atoms with Gasteiger partial charge in [-0.15, -0.1) is 0 Å². The monoisotopic (exact) mass is 436 g/mol. The Balaban J connectivity index is 2.28. The van der Waals surface area contributed by atoms with Gasteiger partial charge in [-0.25, -0.2) is 0 Å². The predicted molar refractivity (Wildman–Crippen MR) is 105 cm³/mol. The molecule has 3 aromatic rings. The van der Waals surface area contributed by atoms with E-state index < -0.39 is 0 Å². The van der Waals surface area contributed by atoms with Crippen LogP contribution in [0.1, 0.15) is 0 Å². The zero-order valence-electron chi connectivity index (χ0n) is 15.7. The van der Waals surface area contributed by atoms with E-state index in [1.807, 2.05) is 24.3 Å². The van der Waals surface area contributed by atoms with E-state index in [9.17, 15) is 4.79 Å². The molecule has 0 bridgehead atoms. The van der Waals surface area contributed by atoms with Crippen molar-refractivity contribution in [1.82, 2.24) is 0 Å². The summed E-state index contributed by atoms with van der Waals surface area (Å²) in [6.45, 7) is 0. The van der Waals surface area contributed by atoms with Crippen molar-refractivity contribution >= 4 is 24.1 Å². The number of benzene rings is 2. The van der Waals surface area contributed by atoms with Crippen LogP contribution in [0.3, 0.4) is 0 Å². The number of ether oxygens (including phenoxy) is 5. The van der Waals surface area contributed by atoms with Gasteiger partial charge in [0.05, 0.1) is 0 Å². The van der Waals surface area contributed by atoms with Crippen molar-refractivity contribution < 1.29 is 23.7 Å². The first-order chi connectivity index (χ1) is 13.1. The first-order valence-corrected chi connectivity index (χ1v) is 9.78. The normalized spacial score (nSPS) is 10.6. The summed E-state index contributed by atoms with van der Waals surface area (Å²) < 4.78 is 28.8. The van der Waals surface area contributed by atoms with E-state index in [1.54, 1.807) is 27.4 Å². The Morgan fingerprint density at radius 2 is 1.37 bits per heavy atom. The van der Waals surface area contributed by atoms with Crippen molar-refractivity contribution in [2.24, 2.45) is 0 Å². The van der Waals surface area contributed by atoms with E-state index in [0.29, 0.717) is 34.1 Å². The van der Waals surface area contributed by atoms with Crippen molar-refractivity contribution in [3.8, 4) is 38.7 Å². The Hall–Kier alpha value is -2.63. The van der Waals surface area contributed by atoms with E-state index in [-0.39, 0.29) is 19.9 Å². The third-order valence-corrected chi connectivity index (χ3v) is 6.53. The second-order valence-corrected chi connectivity index (χ2v) is 7.84. The van der Waals surface area contributed by atoms with Crippen LogP contribution < -0.4 is 29.1 Å². The molecular weight excluding hydrogens is 415 g/mol. The summed E-state index contributed by atoms with van der Waals surface area (Å²) in [4.78, 5) is 12.9. The van der Waals surface area contributed by atoms with Gasteiger partial charge >= 0.3 is 163 Å². The van der Waals surface area contributed by atoms with Gasteiger partial charge in [0.15, 0.2) is 0 Å². The van der Waals surface area contributed by atoms with Gasteiger partial charge in [0, 0.05) is 0 Å². The molecule has 7 heteroatoms. The molecule has 142 valence electrons.